The second-order valence-electron chi connectivity index (χ2n) is 5.20. The molecule has 0 aromatic heterocycles. The first-order chi connectivity index (χ1) is 11.1. The SMILES string of the molecule is COc1cccc(C(O)CNC(=O)COc2ccc(C)cc2)c1. The van der Waals surface area contributed by atoms with Crippen molar-refractivity contribution in [1.29, 1.82) is 0 Å². The zero-order valence-electron chi connectivity index (χ0n) is 13.3. The summed E-state index contributed by atoms with van der Waals surface area (Å²) >= 11 is 0. The number of amides is 1. The summed E-state index contributed by atoms with van der Waals surface area (Å²) in [6, 6.07) is 14.6. The van der Waals surface area contributed by atoms with Crippen LogP contribution < -0.4 is 14.8 Å². The zero-order valence-corrected chi connectivity index (χ0v) is 13.3. The Balaban J connectivity index is 1.78. The first-order valence-corrected chi connectivity index (χ1v) is 7.36. The second-order valence-corrected chi connectivity index (χ2v) is 5.20. The smallest absolute Gasteiger partial charge is 0.258 e. The summed E-state index contributed by atoms with van der Waals surface area (Å²) in [6.45, 7) is 2.01. The summed E-state index contributed by atoms with van der Waals surface area (Å²) in [6.07, 6.45) is -0.798. The van der Waals surface area contributed by atoms with Gasteiger partial charge in [-0.25, -0.2) is 0 Å². The molecule has 0 spiro atoms. The van der Waals surface area contributed by atoms with Gasteiger partial charge in [-0.05, 0) is 36.8 Å². The minimum absolute atomic E-state index is 0.0894. The molecule has 2 N–H and O–H groups in total. The minimum atomic E-state index is -0.798. The highest BCUT2D eigenvalue weighted by molar-refractivity contribution is 5.77. The molecule has 0 aliphatic carbocycles. The lowest BCUT2D eigenvalue weighted by molar-refractivity contribution is -0.123. The van der Waals surface area contributed by atoms with Crippen LogP contribution in [0.25, 0.3) is 0 Å². The normalized spacial score (nSPS) is 11.6. The standard InChI is InChI=1S/C18H21NO4/c1-13-6-8-15(9-7-13)23-12-18(21)19-11-17(20)14-4-3-5-16(10-14)22-2/h3-10,17,20H,11-12H2,1-2H3,(H,19,21). The van der Waals surface area contributed by atoms with Crippen LogP contribution in [-0.2, 0) is 4.79 Å². The Bertz CT molecular complexity index is 640. The third-order valence-corrected chi connectivity index (χ3v) is 3.36. The van der Waals surface area contributed by atoms with Gasteiger partial charge in [0.25, 0.3) is 5.91 Å². The van der Waals surface area contributed by atoms with Crippen LogP contribution in [0.2, 0.25) is 0 Å². The monoisotopic (exact) mass is 315 g/mol. The van der Waals surface area contributed by atoms with Crippen molar-refractivity contribution >= 4 is 5.91 Å². The molecule has 1 atom stereocenters. The van der Waals surface area contributed by atoms with Crippen molar-refractivity contribution < 1.29 is 19.4 Å². The largest absolute Gasteiger partial charge is 0.497 e. The lowest BCUT2D eigenvalue weighted by atomic mass is 10.1. The lowest BCUT2D eigenvalue weighted by Gasteiger charge is -2.13. The average Bonchev–Trinajstić information content (AvgIpc) is 2.59. The number of methoxy groups -OCH3 is 1. The summed E-state index contributed by atoms with van der Waals surface area (Å²) < 4.78 is 10.5. The van der Waals surface area contributed by atoms with Gasteiger partial charge in [-0.2, -0.15) is 0 Å². The molecule has 0 radical (unpaired) electrons. The topological polar surface area (TPSA) is 67.8 Å². The Hall–Kier alpha value is -2.53. The highest BCUT2D eigenvalue weighted by atomic mass is 16.5. The van der Waals surface area contributed by atoms with Crippen molar-refractivity contribution in [2.45, 2.75) is 13.0 Å². The van der Waals surface area contributed by atoms with E-state index in [0.717, 1.165) is 5.56 Å². The van der Waals surface area contributed by atoms with E-state index in [9.17, 15) is 9.90 Å². The summed E-state index contributed by atoms with van der Waals surface area (Å²) in [4.78, 5) is 11.8. The van der Waals surface area contributed by atoms with Crippen molar-refractivity contribution in [3.05, 3.63) is 59.7 Å². The van der Waals surface area contributed by atoms with Gasteiger partial charge in [0, 0.05) is 6.54 Å². The highest BCUT2D eigenvalue weighted by Gasteiger charge is 2.10. The molecule has 0 aliphatic rings. The van der Waals surface area contributed by atoms with Gasteiger partial charge in [0.15, 0.2) is 6.61 Å². The molecular formula is C18H21NO4. The van der Waals surface area contributed by atoms with Gasteiger partial charge < -0.3 is 19.9 Å². The quantitative estimate of drug-likeness (QED) is 0.822. The van der Waals surface area contributed by atoms with E-state index in [1.807, 2.05) is 31.2 Å². The second kappa shape index (κ2) is 8.19. The Labute approximate surface area is 135 Å². The maximum atomic E-state index is 11.8. The fraction of sp³-hybridized carbons (Fsp3) is 0.278. The van der Waals surface area contributed by atoms with Crippen LogP contribution in [-0.4, -0.2) is 31.3 Å². The number of hydrogen-bond acceptors (Lipinski definition) is 4. The molecule has 0 bridgehead atoms. The van der Waals surface area contributed by atoms with Crippen LogP contribution in [0.3, 0.4) is 0 Å². The van der Waals surface area contributed by atoms with Crippen LogP contribution in [0.15, 0.2) is 48.5 Å². The van der Waals surface area contributed by atoms with E-state index < -0.39 is 6.10 Å². The van der Waals surface area contributed by atoms with E-state index in [2.05, 4.69) is 5.32 Å². The van der Waals surface area contributed by atoms with Gasteiger partial charge >= 0.3 is 0 Å². The molecule has 5 heteroatoms. The van der Waals surface area contributed by atoms with Gasteiger partial charge in [-0.15, -0.1) is 0 Å². The zero-order chi connectivity index (χ0) is 16.7. The molecule has 2 rings (SSSR count). The van der Waals surface area contributed by atoms with Gasteiger partial charge in [0.1, 0.15) is 11.5 Å². The van der Waals surface area contributed by atoms with Crippen LogP contribution in [0.1, 0.15) is 17.2 Å². The molecule has 122 valence electrons. The third-order valence-electron chi connectivity index (χ3n) is 3.36. The molecule has 1 amide bonds. The van der Waals surface area contributed by atoms with Gasteiger partial charge in [-0.3, -0.25) is 4.79 Å². The Morgan fingerprint density at radius 2 is 1.91 bits per heavy atom. The predicted octanol–water partition coefficient (Wildman–Crippen LogP) is 2.23. The molecule has 0 heterocycles. The van der Waals surface area contributed by atoms with Gasteiger partial charge in [0.05, 0.1) is 13.2 Å². The molecular weight excluding hydrogens is 294 g/mol. The molecule has 1 unspecified atom stereocenters. The number of rotatable bonds is 7. The van der Waals surface area contributed by atoms with Gasteiger partial charge in [-0.1, -0.05) is 29.8 Å². The van der Waals surface area contributed by atoms with Crippen LogP contribution in [0.4, 0.5) is 0 Å². The molecule has 2 aromatic carbocycles. The van der Waals surface area contributed by atoms with E-state index in [-0.39, 0.29) is 19.1 Å². The molecule has 23 heavy (non-hydrogen) atoms. The van der Waals surface area contributed by atoms with E-state index in [1.54, 1.807) is 31.4 Å². The van der Waals surface area contributed by atoms with Gasteiger partial charge in [0.2, 0.25) is 0 Å². The number of ether oxygens (including phenoxy) is 2. The Kier molecular flexibility index (Phi) is 6.00. The van der Waals surface area contributed by atoms with Crippen LogP contribution >= 0.6 is 0 Å². The first-order valence-electron chi connectivity index (χ1n) is 7.36. The van der Waals surface area contributed by atoms with E-state index >= 15 is 0 Å². The molecule has 0 fully saturated rings. The molecule has 5 nitrogen and oxygen atoms in total. The van der Waals surface area contributed by atoms with E-state index in [4.69, 9.17) is 9.47 Å². The maximum absolute atomic E-state index is 11.8. The number of nitrogens with one attached hydrogen (secondary N) is 1. The number of carbonyl (C=O) groups is 1. The van der Waals surface area contributed by atoms with E-state index in [0.29, 0.717) is 17.1 Å². The highest BCUT2D eigenvalue weighted by Crippen LogP contribution is 2.18. The summed E-state index contributed by atoms with van der Waals surface area (Å²) in [7, 11) is 1.57. The molecule has 0 aliphatic heterocycles. The van der Waals surface area contributed by atoms with Crippen molar-refractivity contribution in [3.8, 4) is 11.5 Å². The number of aryl methyl sites for hydroxylation is 1. The summed E-state index contributed by atoms with van der Waals surface area (Å²) in [5.41, 5.74) is 1.81. The number of aliphatic hydroxyl groups is 1. The third kappa shape index (κ3) is 5.30. The van der Waals surface area contributed by atoms with Crippen LogP contribution in [0, 0.1) is 6.92 Å². The van der Waals surface area contributed by atoms with Crippen LogP contribution in [0.5, 0.6) is 11.5 Å². The van der Waals surface area contributed by atoms with Crippen molar-refractivity contribution in [1.82, 2.24) is 5.32 Å². The number of benzene rings is 2. The lowest BCUT2D eigenvalue weighted by Crippen LogP contribution is -2.32. The number of aliphatic hydroxyl groups excluding tert-OH is 1. The van der Waals surface area contributed by atoms with Crippen molar-refractivity contribution in [3.63, 3.8) is 0 Å². The number of hydrogen-bond donors (Lipinski definition) is 2. The summed E-state index contributed by atoms with van der Waals surface area (Å²) in [5.74, 6) is 1.02. The number of carbonyl (C=O) groups excluding carboxylic acids is 1. The van der Waals surface area contributed by atoms with Crippen molar-refractivity contribution in [2.75, 3.05) is 20.3 Å². The fourth-order valence-electron chi connectivity index (χ4n) is 2.01. The summed E-state index contributed by atoms with van der Waals surface area (Å²) in [5, 5.41) is 12.7. The molecule has 2 aromatic rings. The van der Waals surface area contributed by atoms with Crippen molar-refractivity contribution in [2.24, 2.45) is 0 Å². The maximum Gasteiger partial charge on any atom is 0.258 e. The van der Waals surface area contributed by atoms with E-state index in [1.165, 1.54) is 0 Å². The minimum Gasteiger partial charge on any atom is -0.497 e. The first kappa shape index (κ1) is 16.8. The Morgan fingerprint density at radius 1 is 1.17 bits per heavy atom. The molecule has 0 saturated heterocycles. The average molecular weight is 315 g/mol. The fourth-order valence-corrected chi connectivity index (χ4v) is 2.01. The predicted molar refractivity (Wildman–Crippen MR) is 87.6 cm³/mol. The Morgan fingerprint density at radius 3 is 2.61 bits per heavy atom. The molecule has 0 saturated carbocycles.